The fourth-order valence-corrected chi connectivity index (χ4v) is 3.15. The monoisotopic (exact) mass is 332 g/mol. The number of urea groups is 1. The second-order valence-corrected chi connectivity index (χ2v) is 6.09. The molecule has 0 unspecified atom stereocenters. The molecule has 24 heavy (non-hydrogen) atoms. The first-order chi connectivity index (χ1) is 11.7. The van der Waals surface area contributed by atoms with Crippen LogP contribution in [0.2, 0.25) is 0 Å². The van der Waals surface area contributed by atoms with Crippen LogP contribution in [0.25, 0.3) is 0 Å². The number of carbonyl (C=O) groups is 1. The van der Waals surface area contributed by atoms with Crippen molar-refractivity contribution in [3.8, 4) is 0 Å². The molecule has 1 saturated heterocycles. The zero-order chi connectivity index (χ0) is 16.9. The smallest absolute Gasteiger partial charge is 0.318 e. The number of ether oxygens (including phenoxy) is 1. The SMILES string of the molecule is COC[C@H](NC(=O)N1CCCC[C@H]1c1ncc[nH]1)c1ccc(C)o1. The summed E-state index contributed by atoms with van der Waals surface area (Å²) >= 11 is 0. The van der Waals surface area contributed by atoms with Crippen LogP contribution in [0.4, 0.5) is 4.79 Å². The first-order valence-electron chi connectivity index (χ1n) is 8.30. The number of carbonyl (C=O) groups excluding carboxylic acids is 1. The number of methoxy groups -OCH3 is 1. The Hall–Kier alpha value is -2.28. The van der Waals surface area contributed by atoms with Gasteiger partial charge in [-0.05, 0) is 38.3 Å². The van der Waals surface area contributed by atoms with Crippen LogP contribution in [0.1, 0.15) is 48.7 Å². The van der Waals surface area contributed by atoms with Gasteiger partial charge < -0.3 is 24.4 Å². The summed E-state index contributed by atoms with van der Waals surface area (Å²) in [6.45, 7) is 2.96. The summed E-state index contributed by atoms with van der Waals surface area (Å²) < 4.78 is 10.9. The van der Waals surface area contributed by atoms with Crippen LogP contribution >= 0.6 is 0 Å². The summed E-state index contributed by atoms with van der Waals surface area (Å²) in [6, 6.07) is 3.31. The van der Waals surface area contributed by atoms with E-state index >= 15 is 0 Å². The van der Waals surface area contributed by atoms with E-state index in [0.29, 0.717) is 18.9 Å². The summed E-state index contributed by atoms with van der Waals surface area (Å²) in [4.78, 5) is 22.2. The lowest BCUT2D eigenvalue weighted by Crippen LogP contribution is -2.46. The maximum atomic E-state index is 12.8. The molecule has 2 atom stereocenters. The fourth-order valence-electron chi connectivity index (χ4n) is 3.15. The lowest BCUT2D eigenvalue weighted by atomic mass is 10.0. The number of rotatable bonds is 5. The highest BCUT2D eigenvalue weighted by molar-refractivity contribution is 5.75. The van der Waals surface area contributed by atoms with Crippen molar-refractivity contribution in [2.45, 2.75) is 38.3 Å². The van der Waals surface area contributed by atoms with Crippen molar-refractivity contribution in [3.63, 3.8) is 0 Å². The molecule has 1 fully saturated rings. The molecular weight excluding hydrogens is 308 g/mol. The molecule has 0 aliphatic carbocycles. The van der Waals surface area contributed by atoms with Gasteiger partial charge in [-0.25, -0.2) is 9.78 Å². The maximum absolute atomic E-state index is 12.8. The van der Waals surface area contributed by atoms with Gasteiger partial charge in [-0.3, -0.25) is 0 Å². The van der Waals surface area contributed by atoms with Crippen LogP contribution < -0.4 is 5.32 Å². The van der Waals surface area contributed by atoms with E-state index in [0.717, 1.165) is 30.8 Å². The van der Waals surface area contributed by atoms with E-state index in [1.165, 1.54) is 0 Å². The first kappa shape index (κ1) is 16.6. The van der Waals surface area contributed by atoms with E-state index in [4.69, 9.17) is 9.15 Å². The molecule has 0 spiro atoms. The molecule has 1 aliphatic rings. The minimum Gasteiger partial charge on any atom is -0.464 e. The third-order valence-electron chi connectivity index (χ3n) is 4.33. The summed E-state index contributed by atoms with van der Waals surface area (Å²) in [6.07, 6.45) is 6.52. The van der Waals surface area contributed by atoms with Crippen molar-refractivity contribution < 1.29 is 13.9 Å². The molecular formula is C17H24N4O3. The van der Waals surface area contributed by atoms with E-state index in [2.05, 4.69) is 15.3 Å². The van der Waals surface area contributed by atoms with Crippen LogP contribution in [-0.2, 0) is 4.74 Å². The number of furan rings is 1. The van der Waals surface area contributed by atoms with E-state index in [1.54, 1.807) is 19.5 Å². The number of hydrogen-bond acceptors (Lipinski definition) is 4. The second kappa shape index (κ2) is 7.53. The quantitative estimate of drug-likeness (QED) is 0.882. The fraction of sp³-hybridized carbons (Fsp3) is 0.529. The number of nitrogens with one attached hydrogen (secondary N) is 2. The normalized spacial score (nSPS) is 19.2. The van der Waals surface area contributed by atoms with Crippen molar-refractivity contribution in [2.24, 2.45) is 0 Å². The van der Waals surface area contributed by atoms with E-state index < -0.39 is 0 Å². The van der Waals surface area contributed by atoms with Crippen LogP contribution in [0, 0.1) is 6.92 Å². The van der Waals surface area contributed by atoms with Crippen molar-refractivity contribution in [1.82, 2.24) is 20.2 Å². The Morgan fingerprint density at radius 1 is 1.54 bits per heavy atom. The predicted octanol–water partition coefficient (Wildman–Crippen LogP) is 2.94. The van der Waals surface area contributed by atoms with Crippen molar-refractivity contribution in [3.05, 3.63) is 41.9 Å². The average molecular weight is 332 g/mol. The molecule has 0 radical (unpaired) electrons. The Morgan fingerprint density at radius 3 is 3.08 bits per heavy atom. The first-order valence-corrected chi connectivity index (χ1v) is 8.30. The van der Waals surface area contributed by atoms with Gasteiger partial charge in [-0.1, -0.05) is 0 Å². The van der Waals surface area contributed by atoms with Crippen LogP contribution in [0.5, 0.6) is 0 Å². The van der Waals surface area contributed by atoms with Crippen LogP contribution in [-0.4, -0.2) is 41.2 Å². The number of likely N-dealkylation sites (tertiary alicyclic amines) is 1. The highest BCUT2D eigenvalue weighted by Crippen LogP contribution is 2.29. The Kier molecular flexibility index (Phi) is 5.20. The summed E-state index contributed by atoms with van der Waals surface area (Å²) in [5, 5.41) is 3.04. The number of aromatic nitrogens is 2. The molecule has 0 bridgehead atoms. The third-order valence-corrected chi connectivity index (χ3v) is 4.33. The molecule has 2 aromatic rings. The number of nitrogens with zero attached hydrogens (tertiary/aromatic N) is 2. The maximum Gasteiger partial charge on any atom is 0.318 e. The Bertz CT molecular complexity index is 653. The minimum atomic E-state index is -0.310. The van der Waals surface area contributed by atoms with Gasteiger partial charge in [0.15, 0.2) is 0 Å². The minimum absolute atomic E-state index is 0.0183. The van der Waals surface area contributed by atoms with Crippen molar-refractivity contribution in [2.75, 3.05) is 20.3 Å². The summed E-state index contributed by atoms with van der Waals surface area (Å²) in [7, 11) is 1.61. The van der Waals surface area contributed by atoms with Crippen molar-refractivity contribution >= 4 is 6.03 Å². The van der Waals surface area contributed by atoms with Crippen molar-refractivity contribution in [1.29, 1.82) is 0 Å². The molecule has 2 N–H and O–H groups in total. The van der Waals surface area contributed by atoms with Gasteiger partial charge in [0.2, 0.25) is 0 Å². The zero-order valence-electron chi connectivity index (χ0n) is 14.1. The van der Waals surface area contributed by atoms with Gasteiger partial charge in [0.05, 0.1) is 12.6 Å². The molecule has 3 heterocycles. The lowest BCUT2D eigenvalue weighted by Gasteiger charge is -2.35. The number of aromatic amines is 1. The molecule has 130 valence electrons. The number of imidazole rings is 1. The van der Waals surface area contributed by atoms with Gasteiger partial charge >= 0.3 is 6.03 Å². The topological polar surface area (TPSA) is 83.4 Å². The van der Waals surface area contributed by atoms with Crippen LogP contribution in [0.3, 0.4) is 0 Å². The second-order valence-electron chi connectivity index (χ2n) is 6.09. The molecule has 0 aromatic carbocycles. The molecule has 7 heteroatoms. The molecule has 7 nitrogen and oxygen atoms in total. The van der Waals surface area contributed by atoms with Gasteiger partial charge in [0, 0.05) is 26.0 Å². The van der Waals surface area contributed by atoms with E-state index in [1.807, 2.05) is 24.0 Å². The average Bonchev–Trinajstić information content (AvgIpc) is 3.26. The summed E-state index contributed by atoms with van der Waals surface area (Å²) in [5.74, 6) is 2.35. The number of aryl methyl sites for hydroxylation is 1. The number of piperidine rings is 1. The highest BCUT2D eigenvalue weighted by Gasteiger charge is 2.31. The third kappa shape index (κ3) is 3.62. The molecule has 2 aromatic heterocycles. The predicted molar refractivity (Wildman–Crippen MR) is 88.5 cm³/mol. The molecule has 2 amide bonds. The molecule has 3 rings (SSSR count). The summed E-state index contributed by atoms with van der Waals surface area (Å²) in [5.41, 5.74) is 0. The largest absolute Gasteiger partial charge is 0.464 e. The number of hydrogen-bond donors (Lipinski definition) is 2. The standard InChI is InChI=1S/C17H24N4O3/c1-12-6-7-15(24-12)13(11-23-2)20-17(22)21-10-4-3-5-14(21)16-18-8-9-19-16/h6-9,13-14H,3-5,10-11H2,1-2H3,(H,18,19)(H,20,22)/t13-,14-/m0/s1. The molecule has 0 saturated carbocycles. The zero-order valence-corrected chi connectivity index (χ0v) is 14.1. The van der Waals surface area contributed by atoms with Gasteiger partial charge in [-0.2, -0.15) is 0 Å². The van der Waals surface area contributed by atoms with Gasteiger partial charge in [0.1, 0.15) is 23.4 Å². The Balaban J connectivity index is 1.73. The van der Waals surface area contributed by atoms with E-state index in [-0.39, 0.29) is 18.1 Å². The van der Waals surface area contributed by atoms with Gasteiger partial charge in [-0.15, -0.1) is 0 Å². The highest BCUT2D eigenvalue weighted by atomic mass is 16.5. The Morgan fingerprint density at radius 2 is 2.42 bits per heavy atom. The van der Waals surface area contributed by atoms with Crippen LogP contribution in [0.15, 0.2) is 28.9 Å². The number of amides is 2. The van der Waals surface area contributed by atoms with E-state index in [9.17, 15) is 4.79 Å². The van der Waals surface area contributed by atoms with Gasteiger partial charge in [0.25, 0.3) is 0 Å². The molecule has 1 aliphatic heterocycles. The Labute approximate surface area is 141 Å². The lowest BCUT2D eigenvalue weighted by molar-refractivity contribution is 0.125. The number of H-pyrrole nitrogens is 1.